The van der Waals surface area contributed by atoms with E-state index in [2.05, 4.69) is 20.6 Å². The summed E-state index contributed by atoms with van der Waals surface area (Å²) in [6.07, 6.45) is 3.28. The lowest BCUT2D eigenvalue weighted by Crippen LogP contribution is -2.13. The number of amides is 1. The van der Waals surface area contributed by atoms with Gasteiger partial charge in [-0.15, -0.1) is 0 Å². The number of halogens is 2. The van der Waals surface area contributed by atoms with Crippen molar-refractivity contribution >= 4 is 62.3 Å². The molecular formula is C43H33ClFN9O3. The Kier molecular flexibility index (Phi) is 9.74. The van der Waals surface area contributed by atoms with Crippen LogP contribution in [0.5, 0.6) is 11.5 Å². The maximum Gasteiger partial charge on any atom is 0.250 e. The summed E-state index contributed by atoms with van der Waals surface area (Å²) in [5.41, 5.74) is 11.4. The monoisotopic (exact) mass is 777 g/mol. The molecule has 4 N–H and O–H groups in total. The molecule has 0 saturated heterocycles. The number of primary amides is 1. The lowest BCUT2D eigenvalue weighted by Gasteiger charge is -2.16. The van der Waals surface area contributed by atoms with E-state index in [4.69, 9.17) is 46.7 Å². The summed E-state index contributed by atoms with van der Waals surface area (Å²) in [5.74, 6) is 1.56. The summed E-state index contributed by atoms with van der Waals surface area (Å²) in [4.78, 5) is 40.8. The molecule has 8 rings (SSSR count). The molecule has 57 heavy (non-hydrogen) atoms. The van der Waals surface area contributed by atoms with Gasteiger partial charge >= 0.3 is 0 Å². The third-order valence-electron chi connectivity index (χ3n) is 9.43. The van der Waals surface area contributed by atoms with E-state index in [-0.39, 0.29) is 16.1 Å². The number of carbonyl (C=O) groups is 1. The highest BCUT2D eigenvalue weighted by molar-refractivity contribution is 6.31. The lowest BCUT2D eigenvalue weighted by atomic mass is 10.0. The summed E-state index contributed by atoms with van der Waals surface area (Å²) in [5, 5.41) is 7.82. The summed E-state index contributed by atoms with van der Waals surface area (Å²) < 4.78 is 27.1. The quantitative estimate of drug-likeness (QED) is 0.121. The van der Waals surface area contributed by atoms with Crippen LogP contribution in [-0.4, -0.2) is 50.0 Å². The van der Waals surface area contributed by atoms with Gasteiger partial charge in [-0.05, 0) is 92.7 Å². The molecule has 0 fully saturated rings. The maximum atomic E-state index is 16.1. The van der Waals surface area contributed by atoms with Gasteiger partial charge in [0.15, 0.2) is 11.6 Å². The number of aromatic nitrogens is 6. The van der Waals surface area contributed by atoms with E-state index < -0.39 is 11.7 Å². The first-order chi connectivity index (χ1) is 27.6. The molecule has 0 aliphatic carbocycles. The van der Waals surface area contributed by atoms with Crippen molar-refractivity contribution in [3.8, 4) is 45.4 Å². The lowest BCUT2D eigenvalue weighted by molar-refractivity contribution is 0.100. The second-order valence-electron chi connectivity index (χ2n) is 13.0. The second kappa shape index (κ2) is 15.1. The van der Waals surface area contributed by atoms with Crippen LogP contribution in [0.25, 0.3) is 55.7 Å². The average Bonchev–Trinajstić information content (AvgIpc) is 3.22. The molecule has 0 unspecified atom stereocenters. The van der Waals surface area contributed by atoms with E-state index in [0.717, 1.165) is 11.3 Å². The number of hydrogen-bond donors (Lipinski definition) is 3. The van der Waals surface area contributed by atoms with Crippen molar-refractivity contribution < 1.29 is 18.7 Å². The molecule has 0 bridgehead atoms. The predicted octanol–water partition coefficient (Wildman–Crippen LogP) is 9.38. The van der Waals surface area contributed by atoms with Crippen LogP contribution >= 0.6 is 11.6 Å². The van der Waals surface area contributed by atoms with Crippen LogP contribution in [-0.2, 0) is 0 Å². The first-order valence-electron chi connectivity index (χ1n) is 17.6. The fraction of sp³-hybridized carbons (Fsp3) is 0.0930. The maximum absolute atomic E-state index is 16.1. The van der Waals surface area contributed by atoms with Crippen LogP contribution in [0.3, 0.4) is 0 Å². The molecule has 1 amide bonds. The van der Waals surface area contributed by atoms with Gasteiger partial charge in [-0.3, -0.25) is 14.8 Å². The van der Waals surface area contributed by atoms with Crippen LogP contribution in [0.4, 0.5) is 27.4 Å². The number of carbonyl (C=O) groups excluding carboxylic acids is 1. The minimum absolute atomic E-state index is 0.119. The van der Waals surface area contributed by atoms with Crippen molar-refractivity contribution in [1.29, 1.82) is 0 Å². The summed E-state index contributed by atoms with van der Waals surface area (Å²) in [6.45, 7) is 3.70. The van der Waals surface area contributed by atoms with Crippen LogP contribution in [0.15, 0.2) is 103 Å². The number of ether oxygens (including phenoxy) is 2. The Morgan fingerprint density at radius 2 is 1.33 bits per heavy atom. The van der Waals surface area contributed by atoms with E-state index in [1.54, 1.807) is 81.2 Å². The Labute approximate surface area is 331 Å². The largest absolute Gasteiger partial charge is 0.497 e. The van der Waals surface area contributed by atoms with Crippen LogP contribution in [0.1, 0.15) is 21.7 Å². The van der Waals surface area contributed by atoms with Crippen LogP contribution in [0, 0.1) is 19.7 Å². The van der Waals surface area contributed by atoms with E-state index in [0.29, 0.717) is 84.8 Å². The van der Waals surface area contributed by atoms with Gasteiger partial charge < -0.3 is 25.8 Å². The van der Waals surface area contributed by atoms with E-state index in [9.17, 15) is 4.79 Å². The van der Waals surface area contributed by atoms with E-state index >= 15 is 4.39 Å². The Bertz CT molecular complexity index is 2890. The third-order valence-corrected chi connectivity index (χ3v) is 9.70. The van der Waals surface area contributed by atoms with Crippen LogP contribution in [0.2, 0.25) is 5.02 Å². The molecule has 14 heteroatoms. The zero-order chi connectivity index (χ0) is 39.8. The normalized spacial score (nSPS) is 11.1. The molecule has 0 aliphatic heterocycles. The number of aryl methyl sites for hydroxylation is 2. The van der Waals surface area contributed by atoms with Crippen molar-refractivity contribution in [2.24, 2.45) is 5.73 Å². The fourth-order valence-electron chi connectivity index (χ4n) is 6.47. The number of para-hydroxylation sites is 1. The molecule has 4 aromatic carbocycles. The Morgan fingerprint density at radius 3 is 1.98 bits per heavy atom. The van der Waals surface area contributed by atoms with Gasteiger partial charge in [0, 0.05) is 62.5 Å². The number of nitrogens with two attached hydrogens (primary N) is 1. The number of fused-ring (bicyclic) bond motifs is 2. The third kappa shape index (κ3) is 7.19. The van der Waals surface area contributed by atoms with Gasteiger partial charge in [0.2, 0.25) is 0 Å². The molecule has 282 valence electrons. The van der Waals surface area contributed by atoms with Crippen molar-refractivity contribution in [3.63, 3.8) is 0 Å². The topological polar surface area (TPSA) is 163 Å². The molecular weight excluding hydrogens is 745 g/mol. The fourth-order valence-corrected chi connectivity index (χ4v) is 6.69. The summed E-state index contributed by atoms with van der Waals surface area (Å²) >= 11 is 6.59. The average molecular weight is 778 g/mol. The number of nitrogens with one attached hydrogen (secondary N) is 2. The summed E-state index contributed by atoms with van der Waals surface area (Å²) in [7, 11) is 3.15. The molecule has 4 aromatic heterocycles. The number of pyridine rings is 2. The number of nitrogens with zero attached hydrogens (tertiary/aromatic N) is 6. The number of benzene rings is 4. The van der Waals surface area contributed by atoms with Crippen molar-refractivity contribution in [1.82, 2.24) is 29.9 Å². The smallest absolute Gasteiger partial charge is 0.250 e. The van der Waals surface area contributed by atoms with Gasteiger partial charge in [0.25, 0.3) is 5.91 Å². The van der Waals surface area contributed by atoms with E-state index in [1.165, 1.54) is 6.07 Å². The molecule has 0 radical (unpaired) electrons. The predicted molar refractivity (Wildman–Crippen MR) is 220 cm³/mol. The molecule has 8 aromatic rings. The van der Waals surface area contributed by atoms with Crippen molar-refractivity contribution in [3.05, 3.63) is 131 Å². The molecule has 0 atom stereocenters. The number of anilines is 4. The van der Waals surface area contributed by atoms with E-state index in [1.807, 2.05) is 44.2 Å². The van der Waals surface area contributed by atoms with Gasteiger partial charge in [0.1, 0.15) is 29.0 Å². The second-order valence-corrected chi connectivity index (χ2v) is 13.4. The van der Waals surface area contributed by atoms with Gasteiger partial charge in [0.05, 0.1) is 41.5 Å². The van der Waals surface area contributed by atoms with Gasteiger partial charge in [-0.25, -0.2) is 24.3 Å². The van der Waals surface area contributed by atoms with Crippen molar-refractivity contribution in [2.45, 2.75) is 13.8 Å². The number of methoxy groups -OCH3 is 2. The Balaban J connectivity index is 1.23. The summed E-state index contributed by atoms with van der Waals surface area (Å²) in [6, 6.07) is 26.4. The number of rotatable bonds is 10. The molecule has 0 aliphatic rings. The standard InChI is InChI=1S/C43H33ClFN9O3/c1-22-28(9-7-15-47-22)40-51-36-13-11-26(56-3)19-32(36)42(53-40)49-25-17-31(38(45)34(44)18-25)24-16-30(23(2)48-21-24)41-52-37-14-12-27(57-4)20-33(37)43(54-41)50-35-10-6-5-8-29(35)39(46)55/h5-21H,1-4H3,(H2,46,55)(H,49,51,53)(H,50,52,54). The van der Waals surface area contributed by atoms with Crippen LogP contribution < -0.4 is 25.8 Å². The molecule has 12 nitrogen and oxygen atoms in total. The SMILES string of the molecule is COc1ccc2nc(-c3cccnc3C)nc(Nc3cc(Cl)c(F)c(-c4cnc(C)c(-c5nc(Nc6ccccc6C(N)=O)c6cc(OC)ccc6n5)c4)c3)c2c1. The highest BCUT2D eigenvalue weighted by Crippen LogP contribution is 2.38. The zero-order valence-corrected chi connectivity index (χ0v) is 31.8. The first kappa shape index (κ1) is 36.7. The minimum Gasteiger partial charge on any atom is -0.497 e. The van der Waals surface area contributed by atoms with Gasteiger partial charge in [-0.2, -0.15) is 0 Å². The van der Waals surface area contributed by atoms with Crippen molar-refractivity contribution in [2.75, 3.05) is 24.9 Å². The molecule has 0 spiro atoms. The Morgan fingerprint density at radius 1 is 0.702 bits per heavy atom. The number of hydrogen-bond acceptors (Lipinski definition) is 11. The highest BCUT2D eigenvalue weighted by atomic mass is 35.5. The first-order valence-corrected chi connectivity index (χ1v) is 18.0. The highest BCUT2D eigenvalue weighted by Gasteiger charge is 2.20. The zero-order valence-electron chi connectivity index (χ0n) is 31.1. The Hall–Kier alpha value is -7.25. The minimum atomic E-state index is -0.642. The molecule has 4 heterocycles. The van der Waals surface area contributed by atoms with Gasteiger partial charge in [-0.1, -0.05) is 23.7 Å². The molecule has 0 saturated carbocycles.